The van der Waals surface area contributed by atoms with Crippen molar-refractivity contribution in [3.8, 4) is 0 Å². The van der Waals surface area contributed by atoms with Crippen LogP contribution in [0.15, 0.2) is 29.6 Å². The molecular weight excluding hydrogens is 350 g/mol. The van der Waals surface area contributed by atoms with Crippen LogP contribution in [-0.2, 0) is 17.7 Å². The summed E-state index contributed by atoms with van der Waals surface area (Å²) in [7, 11) is 0. The molecule has 0 fully saturated rings. The van der Waals surface area contributed by atoms with Crippen molar-refractivity contribution in [2.75, 3.05) is 25.1 Å². The van der Waals surface area contributed by atoms with Gasteiger partial charge in [-0.15, -0.1) is 11.3 Å². The highest BCUT2D eigenvalue weighted by Crippen LogP contribution is 2.21. The van der Waals surface area contributed by atoms with E-state index < -0.39 is 0 Å². The maximum atomic E-state index is 12.6. The molecule has 2 aromatic heterocycles. The summed E-state index contributed by atoms with van der Waals surface area (Å²) >= 11 is 1.45. The molecule has 3 N–H and O–H groups in total. The molecular formula is C18H23N5O2S. The number of hydrogen-bond donors (Lipinski definition) is 2. The fourth-order valence-electron chi connectivity index (χ4n) is 2.69. The first-order valence-electron chi connectivity index (χ1n) is 8.71. The zero-order valence-electron chi connectivity index (χ0n) is 14.8. The number of nitrogens with two attached hydrogens (primary N) is 1. The van der Waals surface area contributed by atoms with Gasteiger partial charge in [0.15, 0.2) is 0 Å². The molecule has 26 heavy (non-hydrogen) atoms. The minimum absolute atomic E-state index is 0.258. The summed E-state index contributed by atoms with van der Waals surface area (Å²) in [5, 5.41) is 5.51. The van der Waals surface area contributed by atoms with Gasteiger partial charge in [0.2, 0.25) is 5.95 Å². The van der Waals surface area contributed by atoms with Crippen LogP contribution in [0.5, 0.6) is 0 Å². The second-order valence-electron chi connectivity index (χ2n) is 5.75. The quantitative estimate of drug-likeness (QED) is 0.562. The Morgan fingerprint density at radius 2 is 2.19 bits per heavy atom. The van der Waals surface area contributed by atoms with Crippen molar-refractivity contribution in [3.05, 3.63) is 40.3 Å². The number of amides is 1. The second-order valence-corrected chi connectivity index (χ2v) is 6.69. The van der Waals surface area contributed by atoms with Gasteiger partial charge in [0, 0.05) is 31.6 Å². The molecule has 0 saturated heterocycles. The van der Waals surface area contributed by atoms with Gasteiger partial charge in [-0.25, -0.2) is 9.97 Å². The molecule has 1 aromatic carbocycles. The van der Waals surface area contributed by atoms with E-state index in [4.69, 9.17) is 10.5 Å². The van der Waals surface area contributed by atoms with Gasteiger partial charge in [0.25, 0.3) is 5.91 Å². The number of aryl methyl sites for hydroxylation is 1. The molecule has 1 amide bonds. The number of rotatable bonds is 9. The van der Waals surface area contributed by atoms with E-state index in [9.17, 15) is 4.79 Å². The van der Waals surface area contributed by atoms with Crippen molar-refractivity contribution in [1.82, 2.24) is 14.5 Å². The Morgan fingerprint density at radius 1 is 1.35 bits per heavy atom. The zero-order chi connectivity index (χ0) is 18.4. The monoisotopic (exact) mass is 373 g/mol. The molecule has 0 saturated carbocycles. The Morgan fingerprint density at radius 3 is 3.00 bits per heavy atom. The van der Waals surface area contributed by atoms with E-state index in [0.717, 1.165) is 22.5 Å². The summed E-state index contributed by atoms with van der Waals surface area (Å²) in [5.74, 6) is 0.270. The molecule has 0 unspecified atom stereocenters. The molecule has 0 aliphatic heterocycles. The van der Waals surface area contributed by atoms with Gasteiger partial charge in [-0.2, -0.15) is 0 Å². The number of fused-ring (bicyclic) bond motifs is 1. The molecule has 0 radical (unpaired) electrons. The van der Waals surface area contributed by atoms with Crippen LogP contribution in [0, 0.1) is 0 Å². The number of nitrogens with zero attached hydrogens (tertiary/aromatic N) is 3. The minimum atomic E-state index is -0.258. The lowest BCUT2D eigenvalue weighted by Gasteiger charge is -2.09. The lowest BCUT2D eigenvalue weighted by Crippen LogP contribution is -2.17. The van der Waals surface area contributed by atoms with Gasteiger partial charge < -0.3 is 15.0 Å². The summed E-state index contributed by atoms with van der Waals surface area (Å²) in [6, 6.07) is 7.84. The summed E-state index contributed by atoms with van der Waals surface area (Å²) in [6.07, 6.45) is 1.52. The van der Waals surface area contributed by atoms with E-state index in [-0.39, 0.29) is 5.91 Å². The van der Waals surface area contributed by atoms with Gasteiger partial charge in [-0.1, -0.05) is 12.1 Å². The first kappa shape index (κ1) is 18.5. The van der Waals surface area contributed by atoms with Crippen LogP contribution >= 0.6 is 11.3 Å². The van der Waals surface area contributed by atoms with Gasteiger partial charge in [0.05, 0.1) is 16.0 Å². The largest absolute Gasteiger partial charge is 0.382 e. The van der Waals surface area contributed by atoms with Crippen LogP contribution in [0.4, 0.5) is 5.95 Å². The Bertz CT molecular complexity index is 873. The number of anilines is 1. The van der Waals surface area contributed by atoms with E-state index in [1.807, 2.05) is 35.8 Å². The van der Waals surface area contributed by atoms with Crippen molar-refractivity contribution in [2.24, 2.45) is 5.73 Å². The van der Waals surface area contributed by atoms with E-state index in [0.29, 0.717) is 44.4 Å². The first-order chi connectivity index (χ1) is 12.7. The average molecular weight is 373 g/mol. The normalized spacial score (nSPS) is 11.2. The molecule has 0 aliphatic rings. The lowest BCUT2D eigenvalue weighted by molar-refractivity contribution is 0.102. The highest BCUT2D eigenvalue weighted by atomic mass is 32.1. The third-order valence-corrected chi connectivity index (χ3v) is 4.81. The van der Waals surface area contributed by atoms with E-state index in [2.05, 4.69) is 15.3 Å². The van der Waals surface area contributed by atoms with Crippen molar-refractivity contribution < 1.29 is 9.53 Å². The Balaban J connectivity index is 1.80. The van der Waals surface area contributed by atoms with Crippen molar-refractivity contribution in [2.45, 2.75) is 26.3 Å². The number of imidazole rings is 1. The van der Waals surface area contributed by atoms with Crippen LogP contribution in [0.3, 0.4) is 0 Å². The summed E-state index contributed by atoms with van der Waals surface area (Å²) < 4.78 is 7.43. The highest BCUT2D eigenvalue weighted by molar-refractivity contribution is 7.09. The van der Waals surface area contributed by atoms with Crippen molar-refractivity contribution in [1.29, 1.82) is 0 Å². The molecule has 7 nitrogen and oxygen atoms in total. The maximum absolute atomic E-state index is 12.6. The van der Waals surface area contributed by atoms with Crippen molar-refractivity contribution in [3.63, 3.8) is 0 Å². The number of hydrogen-bond acceptors (Lipinski definition) is 6. The molecule has 0 aliphatic carbocycles. The molecule has 0 bridgehead atoms. The standard InChI is InChI=1S/C18H23N5O2S/c1-2-25-11-5-10-23-15-7-4-3-6-13(15)21-18(23)22-17(24)14-12-26-16(20-14)8-9-19/h3-4,6-7,12H,2,5,8-11,19H2,1H3,(H,21,22,24). The second kappa shape index (κ2) is 8.88. The predicted molar refractivity (Wildman–Crippen MR) is 104 cm³/mol. The third-order valence-electron chi connectivity index (χ3n) is 3.90. The Kier molecular flexibility index (Phi) is 6.32. The minimum Gasteiger partial charge on any atom is -0.382 e. The topological polar surface area (TPSA) is 95.1 Å². The number of carbonyl (C=O) groups is 1. The molecule has 3 rings (SSSR count). The van der Waals surface area contributed by atoms with E-state index >= 15 is 0 Å². The van der Waals surface area contributed by atoms with Crippen LogP contribution in [0.2, 0.25) is 0 Å². The number of aromatic nitrogens is 3. The summed E-state index contributed by atoms with van der Waals surface area (Å²) in [4.78, 5) is 21.5. The number of thiazole rings is 1. The zero-order valence-corrected chi connectivity index (χ0v) is 15.6. The Labute approximate surface area is 156 Å². The summed E-state index contributed by atoms with van der Waals surface area (Å²) in [5.41, 5.74) is 7.77. The number of carbonyl (C=O) groups excluding carboxylic acids is 1. The number of para-hydroxylation sites is 2. The lowest BCUT2D eigenvalue weighted by atomic mass is 10.3. The smallest absolute Gasteiger partial charge is 0.277 e. The molecule has 8 heteroatoms. The van der Waals surface area contributed by atoms with Gasteiger partial charge in [0.1, 0.15) is 5.69 Å². The predicted octanol–water partition coefficient (Wildman–Crippen LogP) is 2.67. The first-order valence-corrected chi connectivity index (χ1v) is 9.59. The summed E-state index contributed by atoms with van der Waals surface area (Å²) in [6.45, 7) is 4.58. The average Bonchev–Trinajstić information content (AvgIpc) is 3.24. The van der Waals surface area contributed by atoms with Crippen molar-refractivity contribution >= 4 is 34.2 Å². The highest BCUT2D eigenvalue weighted by Gasteiger charge is 2.16. The molecule has 0 spiro atoms. The maximum Gasteiger partial charge on any atom is 0.277 e. The number of benzene rings is 1. The van der Waals surface area contributed by atoms with Gasteiger partial charge >= 0.3 is 0 Å². The number of nitrogens with one attached hydrogen (secondary N) is 1. The Hall–Kier alpha value is -2.29. The molecule has 2 heterocycles. The fraction of sp³-hybridized carbons (Fsp3) is 0.389. The van der Waals surface area contributed by atoms with E-state index in [1.165, 1.54) is 11.3 Å². The van der Waals surface area contributed by atoms with Crippen LogP contribution in [0.25, 0.3) is 11.0 Å². The molecule has 3 aromatic rings. The molecule has 138 valence electrons. The SMILES string of the molecule is CCOCCCn1c(NC(=O)c2csc(CCN)n2)nc2ccccc21. The van der Waals surface area contributed by atoms with Crippen LogP contribution in [-0.4, -0.2) is 40.2 Å². The molecule has 0 atom stereocenters. The van der Waals surface area contributed by atoms with Crippen LogP contribution in [0.1, 0.15) is 28.8 Å². The van der Waals surface area contributed by atoms with E-state index in [1.54, 1.807) is 5.38 Å². The third kappa shape index (κ3) is 4.27. The number of ether oxygens (including phenoxy) is 1. The van der Waals surface area contributed by atoms with Gasteiger partial charge in [-0.05, 0) is 32.0 Å². The fourth-order valence-corrected chi connectivity index (χ4v) is 3.48. The van der Waals surface area contributed by atoms with Crippen LogP contribution < -0.4 is 11.1 Å². The van der Waals surface area contributed by atoms with Gasteiger partial charge in [-0.3, -0.25) is 10.1 Å².